The standard InChI is InChI=1S/C13H13FN2O2/c1-8-11(5-6-12(17)18)16-13(15-8)9-3-2-4-10(14)7-9/h2-4,7H,5-6H2,1H3,(H,15,16)(H,17,18). The fraction of sp³-hybridized carbons (Fsp3) is 0.231. The van der Waals surface area contributed by atoms with Crippen LogP contribution in [-0.2, 0) is 11.2 Å². The first-order valence-electron chi connectivity index (χ1n) is 5.59. The van der Waals surface area contributed by atoms with E-state index in [9.17, 15) is 9.18 Å². The highest BCUT2D eigenvalue weighted by atomic mass is 19.1. The lowest BCUT2D eigenvalue weighted by Gasteiger charge is -1.96. The Bertz CT molecular complexity index is 578. The van der Waals surface area contributed by atoms with Crippen LogP contribution in [0, 0.1) is 12.7 Å². The number of nitrogens with one attached hydrogen (secondary N) is 1. The fourth-order valence-electron chi connectivity index (χ4n) is 1.74. The van der Waals surface area contributed by atoms with Crippen LogP contribution in [0.4, 0.5) is 4.39 Å². The van der Waals surface area contributed by atoms with Crippen LogP contribution in [0.1, 0.15) is 17.8 Å². The normalized spacial score (nSPS) is 10.6. The third-order valence-corrected chi connectivity index (χ3v) is 2.66. The number of halogens is 1. The number of rotatable bonds is 4. The zero-order chi connectivity index (χ0) is 13.1. The number of imidazole rings is 1. The van der Waals surface area contributed by atoms with Gasteiger partial charge in [0.15, 0.2) is 0 Å². The number of aromatic amines is 1. The number of carboxylic acid groups (broad SMARTS) is 1. The molecule has 0 amide bonds. The third-order valence-electron chi connectivity index (χ3n) is 2.66. The van der Waals surface area contributed by atoms with Crippen LogP contribution in [0.2, 0.25) is 0 Å². The van der Waals surface area contributed by atoms with Crippen molar-refractivity contribution in [2.24, 2.45) is 0 Å². The number of hydrogen-bond donors (Lipinski definition) is 2. The van der Waals surface area contributed by atoms with Crippen molar-refractivity contribution >= 4 is 5.97 Å². The molecule has 0 saturated carbocycles. The van der Waals surface area contributed by atoms with Crippen molar-refractivity contribution in [1.29, 1.82) is 0 Å². The molecule has 0 fully saturated rings. The van der Waals surface area contributed by atoms with Gasteiger partial charge in [-0.05, 0) is 19.1 Å². The van der Waals surface area contributed by atoms with Crippen molar-refractivity contribution in [2.75, 3.05) is 0 Å². The topological polar surface area (TPSA) is 66.0 Å². The van der Waals surface area contributed by atoms with E-state index in [-0.39, 0.29) is 12.2 Å². The Balaban J connectivity index is 2.25. The highest BCUT2D eigenvalue weighted by Crippen LogP contribution is 2.19. The molecule has 0 atom stereocenters. The Morgan fingerprint density at radius 3 is 2.94 bits per heavy atom. The second-order valence-corrected chi connectivity index (χ2v) is 4.06. The largest absolute Gasteiger partial charge is 0.481 e. The average molecular weight is 248 g/mol. The summed E-state index contributed by atoms with van der Waals surface area (Å²) in [4.78, 5) is 17.9. The predicted molar refractivity (Wildman–Crippen MR) is 64.7 cm³/mol. The van der Waals surface area contributed by atoms with Crippen LogP contribution in [0.3, 0.4) is 0 Å². The van der Waals surface area contributed by atoms with Gasteiger partial charge in [-0.2, -0.15) is 0 Å². The van der Waals surface area contributed by atoms with E-state index in [2.05, 4.69) is 9.97 Å². The summed E-state index contributed by atoms with van der Waals surface area (Å²) in [6.45, 7) is 1.83. The number of aliphatic carboxylic acids is 1. The molecule has 0 aliphatic heterocycles. The van der Waals surface area contributed by atoms with E-state index in [1.165, 1.54) is 12.1 Å². The smallest absolute Gasteiger partial charge is 0.303 e. The number of aromatic nitrogens is 2. The number of hydrogen-bond acceptors (Lipinski definition) is 2. The summed E-state index contributed by atoms with van der Waals surface area (Å²) in [5, 5.41) is 8.64. The van der Waals surface area contributed by atoms with Gasteiger partial charge < -0.3 is 10.1 Å². The van der Waals surface area contributed by atoms with Gasteiger partial charge >= 0.3 is 5.97 Å². The number of nitrogens with zero attached hydrogens (tertiary/aromatic N) is 1. The number of aryl methyl sites for hydroxylation is 2. The Hall–Kier alpha value is -2.17. The van der Waals surface area contributed by atoms with Crippen molar-refractivity contribution in [1.82, 2.24) is 9.97 Å². The monoisotopic (exact) mass is 248 g/mol. The van der Waals surface area contributed by atoms with Gasteiger partial charge in [0, 0.05) is 17.7 Å². The molecule has 0 unspecified atom stereocenters. The number of carboxylic acids is 1. The van der Waals surface area contributed by atoms with Crippen LogP contribution >= 0.6 is 0 Å². The van der Waals surface area contributed by atoms with Crippen LogP contribution < -0.4 is 0 Å². The Morgan fingerprint density at radius 2 is 2.28 bits per heavy atom. The third kappa shape index (κ3) is 2.74. The zero-order valence-corrected chi connectivity index (χ0v) is 9.90. The van der Waals surface area contributed by atoms with E-state index >= 15 is 0 Å². The molecule has 1 aromatic heterocycles. The van der Waals surface area contributed by atoms with Gasteiger partial charge in [0.05, 0.1) is 12.1 Å². The van der Waals surface area contributed by atoms with E-state index in [0.717, 1.165) is 5.69 Å². The molecule has 2 aromatic rings. The van der Waals surface area contributed by atoms with Crippen molar-refractivity contribution in [3.63, 3.8) is 0 Å². The molecule has 0 bridgehead atoms. The lowest BCUT2D eigenvalue weighted by Crippen LogP contribution is -1.98. The van der Waals surface area contributed by atoms with E-state index in [1.54, 1.807) is 12.1 Å². The summed E-state index contributed by atoms with van der Waals surface area (Å²) < 4.78 is 13.1. The molecule has 5 heteroatoms. The second-order valence-electron chi connectivity index (χ2n) is 4.06. The minimum Gasteiger partial charge on any atom is -0.481 e. The number of H-pyrrole nitrogens is 1. The fourth-order valence-corrected chi connectivity index (χ4v) is 1.74. The highest BCUT2D eigenvalue weighted by molar-refractivity contribution is 5.67. The molecule has 2 N–H and O–H groups in total. The van der Waals surface area contributed by atoms with Crippen molar-refractivity contribution in [3.8, 4) is 11.4 Å². The summed E-state index contributed by atoms with van der Waals surface area (Å²) in [7, 11) is 0. The molecule has 94 valence electrons. The van der Waals surface area contributed by atoms with Crippen molar-refractivity contribution < 1.29 is 14.3 Å². The molecule has 0 aliphatic rings. The maximum atomic E-state index is 13.1. The van der Waals surface area contributed by atoms with E-state index < -0.39 is 5.97 Å². The molecule has 0 saturated heterocycles. The van der Waals surface area contributed by atoms with Gasteiger partial charge in [-0.25, -0.2) is 9.37 Å². The summed E-state index contributed by atoms with van der Waals surface area (Å²) in [5.41, 5.74) is 2.17. The number of carbonyl (C=O) groups is 1. The molecule has 0 aliphatic carbocycles. The van der Waals surface area contributed by atoms with Gasteiger partial charge in [-0.15, -0.1) is 0 Å². The molecule has 1 heterocycles. The Kier molecular flexibility index (Phi) is 3.41. The van der Waals surface area contributed by atoms with Crippen LogP contribution in [0.5, 0.6) is 0 Å². The minimum absolute atomic E-state index is 0.0360. The SMILES string of the molecule is Cc1[nH]c(-c2cccc(F)c2)nc1CCC(=O)O. The van der Waals surface area contributed by atoms with E-state index in [1.807, 2.05) is 6.92 Å². The summed E-state index contributed by atoms with van der Waals surface area (Å²) in [6, 6.07) is 6.12. The van der Waals surface area contributed by atoms with Crippen molar-refractivity contribution in [3.05, 3.63) is 41.5 Å². The van der Waals surface area contributed by atoms with E-state index in [0.29, 0.717) is 23.5 Å². The molecule has 0 spiro atoms. The van der Waals surface area contributed by atoms with Crippen LogP contribution in [0.15, 0.2) is 24.3 Å². The second kappa shape index (κ2) is 5.00. The zero-order valence-electron chi connectivity index (χ0n) is 9.90. The Morgan fingerprint density at radius 1 is 1.50 bits per heavy atom. The van der Waals surface area contributed by atoms with Gasteiger partial charge in [0.2, 0.25) is 0 Å². The average Bonchev–Trinajstić information content (AvgIpc) is 2.68. The molecule has 1 aromatic carbocycles. The van der Waals surface area contributed by atoms with Gasteiger partial charge in [0.25, 0.3) is 0 Å². The lowest BCUT2D eigenvalue weighted by atomic mass is 10.2. The predicted octanol–water partition coefficient (Wildman–Crippen LogP) is 2.54. The van der Waals surface area contributed by atoms with Crippen LogP contribution in [-0.4, -0.2) is 21.0 Å². The molecule has 2 rings (SSSR count). The highest BCUT2D eigenvalue weighted by Gasteiger charge is 2.10. The molecule has 0 radical (unpaired) electrons. The first-order chi connectivity index (χ1) is 8.56. The first kappa shape index (κ1) is 12.3. The van der Waals surface area contributed by atoms with Crippen LogP contribution in [0.25, 0.3) is 11.4 Å². The maximum Gasteiger partial charge on any atom is 0.303 e. The molecule has 4 nitrogen and oxygen atoms in total. The summed E-state index contributed by atoms with van der Waals surface area (Å²) in [5.74, 6) is -0.620. The lowest BCUT2D eigenvalue weighted by molar-refractivity contribution is -0.136. The number of benzene rings is 1. The van der Waals surface area contributed by atoms with Crippen molar-refractivity contribution in [2.45, 2.75) is 19.8 Å². The molecular weight excluding hydrogens is 235 g/mol. The minimum atomic E-state index is -0.857. The van der Waals surface area contributed by atoms with Gasteiger partial charge in [-0.1, -0.05) is 12.1 Å². The van der Waals surface area contributed by atoms with Gasteiger partial charge in [-0.3, -0.25) is 4.79 Å². The van der Waals surface area contributed by atoms with E-state index in [4.69, 9.17) is 5.11 Å². The summed E-state index contributed by atoms with van der Waals surface area (Å²) in [6.07, 6.45) is 0.404. The molecular formula is C13H13FN2O2. The quantitative estimate of drug-likeness (QED) is 0.873. The Labute approximate surface area is 103 Å². The molecule has 18 heavy (non-hydrogen) atoms. The summed E-state index contributed by atoms with van der Waals surface area (Å²) >= 11 is 0. The maximum absolute atomic E-state index is 13.1. The van der Waals surface area contributed by atoms with Gasteiger partial charge in [0.1, 0.15) is 11.6 Å². The first-order valence-corrected chi connectivity index (χ1v) is 5.59.